The summed E-state index contributed by atoms with van der Waals surface area (Å²) < 4.78 is 40.8. The van der Waals surface area contributed by atoms with Gasteiger partial charge in [-0.05, 0) is 18.9 Å². The minimum Gasteiger partial charge on any atom is -0.404 e. The van der Waals surface area contributed by atoms with E-state index in [-0.39, 0.29) is 11.4 Å². The summed E-state index contributed by atoms with van der Waals surface area (Å²) in [5.74, 6) is -0.403. The van der Waals surface area contributed by atoms with Gasteiger partial charge < -0.3 is 9.64 Å². The highest BCUT2D eigenvalue weighted by molar-refractivity contribution is 5.63. The Hall–Kier alpha value is -1.99. The van der Waals surface area contributed by atoms with Gasteiger partial charge in [0.2, 0.25) is 0 Å². The van der Waals surface area contributed by atoms with E-state index in [1.807, 2.05) is 0 Å². The molecule has 0 N–H and O–H groups in total. The van der Waals surface area contributed by atoms with E-state index < -0.39 is 17.0 Å². The van der Waals surface area contributed by atoms with E-state index in [1.165, 1.54) is 0 Å². The summed E-state index contributed by atoms with van der Waals surface area (Å²) >= 11 is 0. The third-order valence-electron chi connectivity index (χ3n) is 2.83. The molecule has 0 amide bonds. The van der Waals surface area contributed by atoms with E-state index in [0.717, 1.165) is 31.0 Å². The zero-order chi connectivity index (χ0) is 14.0. The maximum Gasteiger partial charge on any atom is 0.573 e. The number of benzene rings is 1. The van der Waals surface area contributed by atoms with Gasteiger partial charge in [0.05, 0.1) is 10.6 Å². The van der Waals surface area contributed by atoms with Gasteiger partial charge in [-0.25, -0.2) is 0 Å². The molecule has 1 aromatic rings. The number of ether oxygens (including phenoxy) is 1. The van der Waals surface area contributed by atoms with Crippen LogP contribution >= 0.6 is 0 Å². The first-order chi connectivity index (χ1) is 8.87. The summed E-state index contributed by atoms with van der Waals surface area (Å²) in [6, 6.07) is 3.10. The van der Waals surface area contributed by atoms with Crippen LogP contribution in [0.4, 0.5) is 24.5 Å². The van der Waals surface area contributed by atoms with Gasteiger partial charge in [0.15, 0.2) is 5.75 Å². The van der Waals surface area contributed by atoms with Crippen LogP contribution in [0.5, 0.6) is 5.75 Å². The van der Waals surface area contributed by atoms with Gasteiger partial charge in [0.25, 0.3) is 5.69 Å². The molecule has 1 fully saturated rings. The Morgan fingerprint density at radius 1 is 1.26 bits per heavy atom. The van der Waals surface area contributed by atoms with Gasteiger partial charge in [-0.15, -0.1) is 13.2 Å². The van der Waals surface area contributed by atoms with Crippen molar-refractivity contribution in [1.29, 1.82) is 0 Å². The quantitative estimate of drug-likeness (QED) is 0.628. The predicted octanol–water partition coefficient (Wildman–Crippen LogP) is 3.09. The lowest BCUT2D eigenvalue weighted by Gasteiger charge is -2.21. The van der Waals surface area contributed by atoms with Crippen molar-refractivity contribution in [2.45, 2.75) is 19.2 Å². The largest absolute Gasteiger partial charge is 0.573 e. The van der Waals surface area contributed by atoms with E-state index in [0.29, 0.717) is 13.1 Å². The molecular weight excluding hydrogens is 265 g/mol. The van der Waals surface area contributed by atoms with Crippen LogP contribution in [-0.2, 0) is 0 Å². The third kappa shape index (κ3) is 3.27. The minimum absolute atomic E-state index is 0.115. The van der Waals surface area contributed by atoms with Crippen molar-refractivity contribution in [3.63, 3.8) is 0 Å². The lowest BCUT2D eigenvalue weighted by molar-refractivity contribution is -0.384. The Morgan fingerprint density at radius 3 is 2.42 bits per heavy atom. The minimum atomic E-state index is -4.81. The SMILES string of the molecule is O=[N+]([O-])c1ccc(OC(F)(F)F)c(N2CCCC2)c1. The van der Waals surface area contributed by atoms with Gasteiger partial charge in [-0.3, -0.25) is 10.1 Å². The number of nitro benzene ring substituents is 1. The van der Waals surface area contributed by atoms with Crippen molar-refractivity contribution >= 4 is 11.4 Å². The molecule has 5 nitrogen and oxygen atoms in total. The highest BCUT2D eigenvalue weighted by atomic mass is 19.4. The lowest BCUT2D eigenvalue weighted by atomic mass is 10.2. The molecule has 1 aliphatic rings. The molecule has 0 aliphatic carbocycles. The standard InChI is InChI=1S/C11H11F3N2O3/c12-11(13,14)19-10-4-3-8(16(17)18)7-9(10)15-5-1-2-6-15/h3-4,7H,1-2,5-6H2. The van der Waals surface area contributed by atoms with Crippen molar-refractivity contribution in [3.05, 3.63) is 28.3 Å². The van der Waals surface area contributed by atoms with Crippen LogP contribution in [0.25, 0.3) is 0 Å². The van der Waals surface area contributed by atoms with Gasteiger partial charge in [-0.1, -0.05) is 0 Å². The number of hydrogen-bond acceptors (Lipinski definition) is 4. The number of alkyl halides is 3. The molecule has 0 unspecified atom stereocenters. The third-order valence-corrected chi connectivity index (χ3v) is 2.83. The highest BCUT2D eigenvalue weighted by Gasteiger charge is 2.33. The molecule has 0 saturated carbocycles. The number of hydrogen-bond donors (Lipinski definition) is 0. The number of rotatable bonds is 3. The van der Waals surface area contributed by atoms with Crippen LogP contribution in [0.3, 0.4) is 0 Å². The molecule has 104 valence electrons. The second-order valence-electron chi connectivity index (χ2n) is 4.15. The Morgan fingerprint density at radius 2 is 1.89 bits per heavy atom. The predicted molar refractivity (Wildman–Crippen MR) is 61.2 cm³/mol. The number of nitrogens with zero attached hydrogens (tertiary/aromatic N) is 2. The van der Waals surface area contributed by atoms with Gasteiger partial charge in [0, 0.05) is 25.2 Å². The van der Waals surface area contributed by atoms with Crippen LogP contribution < -0.4 is 9.64 Å². The summed E-state index contributed by atoms with van der Waals surface area (Å²) in [5, 5.41) is 10.7. The second kappa shape index (κ2) is 4.94. The second-order valence-corrected chi connectivity index (χ2v) is 4.15. The fraction of sp³-hybridized carbons (Fsp3) is 0.455. The molecule has 1 aliphatic heterocycles. The molecule has 0 atom stereocenters. The first-order valence-corrected chi connectivity index (χ1v) is 5.66. The van der Waals surface area contributed by atoms with Crippen molar-refractivity contribution in [3.8, 4) is 5.75 Å². The first kappa shape index (κ1) is 13.4. The molecule has 2 rings (SSSR count). The monoisotopic (exact) mass is 276 g/mol. The molecule has 1 heterocycles. The molecule has 19 heavy (non-hydrogen) atoms. The van der Waals surface area contributed by atoms with Crippen molar-refractivity contribution in [1.82, 2.24) is 0 Å². The number of nitro groups is 1. The molecule has 8 heteroatoms. The number of anilines is 1. The Balaban J connectivity index is 2.38. The summed E-state index contributed by atoms with van der Waals surface area (Å²) in [4.78, 5) is 11.7. The van der Waals surface area contributed by atoms with Gasteiger partial charge in [0.1, 0.15) is 0 Å². The molecular formula is C11H11F3N2O3. The molecule has 0 radical (unpaired) electrons. The van der Waals surface area contributed by atoms with Crippen LogP contribution in [0.15, 0.2) is 18.2 Å². The summed E-state index contributed by atoms with van der Waals surface area (Å²) in [7, 11) is 0. The van der Waals surface area contributed by atoms with Crippen molar-refractivity contribution in [2.75, 3.05) is 18.0 Å². The van der Waals surface area contributed by atoms with Crippen molar-refractivity contribution < 1.29 is 22.8 Å². The molecule has 0 aromatic heterocycles. The van der Waals surface area contributed by atoms with Crippen LogP contribution in [0.1, 0.15) is 12.8 Å². The van der Waals surface area contributed by atoms with Crippen LogP contribution in [-0.4, -0.2) is 24.4 Å². The fourth-order valence-corrected chi connectivity index (χ4v) is 2.04. The average Bonchev–Trinajstić information content (AvgIpc) is 2.80. The smallest absolute Gasteiger partial charge is 0.404 e. The molecule has 1 aromatic carbocycles. The molecule has 0 spiro atoms. The maximum absolute atomic E-state index is 12.3. The van der Waals surface area contributed by atoms with E-state index in [4.69, 9.17) is 0 Å². The average molecular weight is 276 g/mol. The number of non-ortho nitro benzene ring substituents is 1. The van der Waals surface area contributed by atoms with Crippen LogP contribution in [0.2, 0.25) is 0 Å². The fourth-order valence-electron chi connectivity index (χ4n) is 2.04. The summed E-state index contributed by atoms with van der Waals surface area (Å²) in [6.45, 7) is 1.13. The van der Waals surface area contributed by atoms with Crippen LogP contribution in [0, 0.1) is 10.1 Å². The van der Waals surface area contributed by atoms with E-state index in [1.54, 1.807) is 4.90 Å². The maximum atomic E-state index is 12.3. The topological polar surface area (TPSA) is 55.6 Å². The number of halogens is 3. The van der Waals surface area contributed by atoms with Gasteiger partial charge >= 0.3 is 6.36 Å². The molecule has 0 bridgehead atoms. The highest BCUT2D eigenvalue weighted by Crippen LogP contribution is 2.37. The molecule has 1 saturated heterocycles. The Labute approximate surface area is 106 Å². The van der Waals surface area contributed by atoms with E-state index in [9.17, 15) is 23.3 Å². The van der Waals surface area contributed by atoms with E-state index in [2.05, 4.69) is 4.74 Å². The van der Waals surface area contributed by atoms with E-state index >= 15 is 0 Å². The van der Waals surface area contributed by atoms with Crippen molar-refractivity contribution in [2.24, 2.45) is 0 Å². The summed E-state index contributed by atoms with van der Waals surface area (Å²) in [6.07, 6.45) is -3.13. The zero-order valence-corrected chi connectivity index (χ0v) is 9.81. The lowest BCUT2D eigenvalue weighted by Crippen LogP contribution is -2.22. The Kier molecular flexibility index (Phi) is 3.50. The van der Waals surface area contributed by atoms with Gasteiger partial charge in [-0.2, -0.15) is 0 Å². The zero-order valence-electron chi connectivity index (χ0n) is 9.81. The normalized spacial score (nSPS) is 15.6. The first-order valence-electron chi connectivity index (χ1n) is 5.66. The summed E-state index contributed by atoms with van der Waals surface area (Å²) in [5.41, 5.74) is -0.138. The Bertz CT molecular complexity index is 485.